The highest BCUT2D eigenvalue weighted by atomic mass is 16.4. The second-order valence-corrected chi connectivity index (χ2v) is 4.97. The van der Waals surface area contributed by atoms with Gasteiger partial charge in [-0.15, -0.1) is 0 Å². The van der Waals surface area contributed by atoms with Gasteiger partial charge in [0, 0.05) is 26.2 Å². The van der Waals surface area contributed by atoms with Crippen molar-refractivity contribution in [1.29, 1.82) is 0 Å². The van der Waals surface area contributed by atoms with Crippen LogP contribution < -0.4 is 5.73 Å². The van der Waals surface area contributed by atoms with Crippen LogP contribution in [0.25, 0.3) is 0 Å². The quantitative estimate of drug-likeness (QED) is 0.684. The molecule has 0 spiro atoms. The van der Waals surface area contributed by atoms with Crippen molar-refractivity contribution in [2.75, 3.05) is 39.8 Å². The summed E-state index contributed by atoms with van der Waals surface area (Å²) in [6, 6.07) is 0. The Morgan fingerprint density at radius 2 is 1.94 bits per heavy atom. The van der Waals surface area contributed by atoms with E-state index in [1.165, 1.54) is 0 Å². The molecule has 0 aliphatic carbocycles. The Morgan fingerprint density at radius 3 is 2.44 bits per heavy atom. The largest absolute Gasteiger partial charge is 0.480 e. The summed E-state index contributed by atoms with van der Waals surface area (Å²) in [5.74, 6) is -0.911. The highest BCUT2D eigenvalue weighted by Crippen LogP contribution is 2.10. The number of rotatable bonds is 5. The molecule has 94 valence electrons. The fraction of sp³-hybridized carbons (Fsp3) is 0.909. The maximum Gasteiger partial charge on any atom is 0.323 e. The fourth-order valence-electron chi connectivity index (χ4n) is 1.85. The van der Waals surface area contributed by atoms with E-state index in [1.54, 1.807) is 6.92 Å². The number of carbonyl (C=O) groups is 1. The second kappa shape index (κ2) is 5.61. The Morgan fingerprint density at radius 1 is 1.38 bits per heavy atom. The van der Waals surface area contributed by atoms with Crippen LogP contribution in [0.15, 0.2) is 0 Å². The van der Waals surface area contributed by atoms with E-state index >= 15 is 0 Å². The van der Waals surface area contributed by atoms with Crippen molar-refractivity contribution in [3.8, 4) is 0 Å². The molecule has 1 aliphatic rings. The van der Waals surface area contributed by atoms with Gasteiger partial charge < -0.3 is 20.6 Å². The maximum absolute atomic E-state index is 10.8. The highest BCUT2D eigenvalue weighted by Gasteiger charge is 2.27. The SMILES string of the molecule is CN1CCN(CCCC(C)(N)C(=O)O)CC1. The van der Waals surface area contributed by atoms with E-state index in [1.807, 2.05) is 0 Å². The molecule has 5 nitrogen and oxygen atoms in total. The summed E-state index contributed by atoms with van der Waals surface area (Å²) in [6.07, 6.45) is 1.39. The average molecular weight is 229 g/mol. The van der Waals surface area contributed by atoms with Crippen LogP contribution in [0.3, 0.4) is 0 Å². The normalized spacial score (nSPS) is 22.9. The van der Waals surface area contributed by atoms with Gasteiger partial charge in [0.25, 0.3) is 0 Å². The number of likely N-dealkylation sites (N-methyl/N-ethyl adjacent to an activating group) is 1. The molecule has 0 saturated carbocycles. The Bertz CT molecular complexity index is 235. The van der Waals surface area contributed by atoms with Crippen LogP contribution >= 0.6 is 0 Å². The lowest BCUT2D eigenvalue weighted by Crippen LogP contribution is -2.47. The summed E-state index contributed by atoms with van der Waals surface area (Å²) in [5, 5.41) is 8.87. The van der Waals surface area contributed by atoms with E-state index in [0.717, 1.165) is 39.1 Å². The Kier molecular flexibility index (Phi) is 4.70. The summed E-state index contributed by atoms with van der Waals surface area (Å²) in [5.41, 5.74) is 4.59. The molecule has 1 saturated heterocycles. The van der Waals surface area contributed by atoms with E-state index in [4.69, 9.17) is 10.8 Å². The minimum atomic E-state index is -1.08. The predicted molar refractivity (Wildman–Crippen MR) is 63.4 cm³/mol. The van der Waals surface area contributed by atoms with E-state index < -0.39 is 11.5 Å². The molecule has 3 N–H and O–H groups in total. The predicted octanol–water partition coefficient (Wildman–Crippen LogP) is -0.184. The zero-order chi connectivity index (χ0) is 12.2. The van der Waals surface area contributed by atoms with Gasteiger partial charge >= 0.3 is 5.97 Å². The highest BCUT2D eigenvalue weighted by molar-refractivity contribution is 5.77. The molecule has 1 aliphatic heterocycles. The minimum Gasteiger partial charge on any atom is -0.480 e. The van der Waals surface area contributed by atoms with Crippen LogP contribution in [0.4, 0.5) is 0 Å². The third-order valence-corrected chi connectivity index (χ3v) is 3.25. The topological polar surface area (TPSA) is 69.8 Å². The van der Waals surface area contributed by atoms with Crippen molar-refractivity contribution in [1.82, 2.24) is 9.80 Å². The van der Waals surface area contributed by atoms with Crippen LogP contribution in [-0.4, -0.2) is 66.2 Å². The first-order chi connectivity index (χ1) is 7.42. The van der Waals surface area contributed by atoms with Gasteiger partial charge in [-0.1, -0.05) is 0 Å². The molecule has 0 bridgehead atoms. The van der Waals surface area contributed by atoms with Crippen molar-refractivity contribution in [2.45, 2.75) is 25.3 Å². The maximum atomic E-state index is 10.8. The third kappa shape index (κ3) is 4.08. The number of carboxylic acid groups (broad SMARTS) is 1. The van der Waals surface area contributed by atoms with Gasteiger partial charge in [-0.3, -0.25) is 4.79 Å². The van der Waals surface area contributed by atoms with Crippen LogP contribution in [0.1, 0.15) is 19.8 Å². The Balaban J connectivity index is 2.18. The molecule has 0 radical (unpaired) electrons. The molecule has 1 atom stereocenters. The summed E-state index contributed by atoms with van der Waals surface area (Å²) in [4.78, 5) is 15.5. The van der Waals surface area contributed by atoms with Gasteiger partial charge in [0.15, 0.2) is 0 Å². The summed E-state index contributed by atoms with van der Waals surface area (Å²) in [7, 11) is 2.12. The number of carboxylic acids is 1. The lowest BCUT2D eigenvalue weighted by molar-refractivity contribution is -0.142. The molecule has 0 aromatic rings. The smallest absolute Gasteiger partial charge is 0.323 e. The molecule has 0 amide bonds. The Hall–Kier alpha value is -0.650. The first-order valence-electron chi connectivity index (χ1n) is 5.85. The molecule has 0 aromatic carbocycles. The molecule has 16 heavy (non-hydrogen) atoms. The standard InChI is InChI=1S/C11H23N3O2/c1-11(12,10(15)16)4-3-5-14-8-6-13(2)7-9-14/h3-9,12H2,1-2H3,(H,15,16). The van der Waals surface area contributed by atoms with Gasteiger partial charge in [0.1, 0.15) is 5.54 Å². The number of piperazine rings is 1. The number of aliphatic carboxylic acids is 1. The van der Waals surface area contributed by atoms with E-state index in [9.17, 15) is 4.79 Å². The lowest BCUT2D eigenvalue weighted by atomic mass is 9.97. The van der Waals surface area contributed by atoms with Crippen molar-refractivity contribution in [2.24, 2.45) is 5.73 Å². The first kappa shape index (κ1) is 13.4. The van der Waals surface area contributed by atoms with Crippen LogP contribution in [-0.2, 0) is 4.79 Å². The van der Waals surface area contributed by atoms with Crippen molar-refractivity contribution in [3.05, 3.63) is 0 Å². The van der Waals surface area contributed by atoms with Crippen LogP contribution in [0.2, 0.25) is 0 Å². The van der Waals surface area contributed by atoms with E-state index in [2.05, 4.69) is 16.8 Å². The van der Waals surface area contributed by atoms with Gasteiger partial charge in [-0.2, -0.15) is 0 Å². The molecule has 0 aromatic heterocycles. The van der Waals surface area contributed by atoms with E-state index in [0.29, 0.717) is 6.42 Å². The third-order valence-electron chi connectivity index (χ3n) is 3.25. The zero-order valence-electron chi connectivity index (χ0n) is 10.3. The van der Waals surface area contributed by atoms with Gasteiger partial charge in [-0.05, 0) is 33.4 Å². The summed E-state index contributed by atoms with van der Waals surface area (Å²) >= 11 is 0. The zero-order valence-corrected chi connectivity index (χ0v) is 10.3. The molecule has 5 heteroatoms. The van der Waals surface area contributed by atoms with E-state index in [-0.39, 0.29) is 0 Å². The summed E-state index contributed by atoms with van der Waals surface area (Å²) in [6.45, 7) is 6.88. The molecule has 1 rings (SSSR count). The Labute approximate surface area is 97.2 Å². The fourth-order valence-corrected chi connectivity index (χ4v) is 1.85. The molecule has 1 fully saturated rings. The number of nitrogens with zero attached hydrogens (tertiary/aromatic N) is 2. The number of hydrogen-bond acceptors (Lipinski definition) is 4. The van der Waals surface area contributed by atoms with Gasteiger partial charge in [0.2, 0.25) is 0 Å². The van der Waals surface area contributed by atoms with Crippen molar-refractivity contribution in [3.63, 3.8) is 0 Å². The van der Waals surface area contributed by atoms with Crippen molar-refractivity contribution >= 4 is 5.97 Å². The monoisotopic (exact) mass is 229 g/mol. The summed E-state index contributed by atoms with van der Waals surface area (Å²) < 4.78 is 0. The number of hydrogen-bond donors (Lipinski definition) is 2. The van der Waals surface area contributed by atoms with Gasteiger partial charge in [0.05, 0.1) is 0 Å². The molecule has 1 unspecified atom stereocenters. The van der Waals surface area contributed by atoms with Crippen molar-refractivity contribution < 1.29 is 9.90 Å². The first-order valence-corrected chi connectivity index (χ1v) is 5.85. The average Bonchev–Trinajstić information content (AvgIpc) is 2.20. The second-order valence-electron chi connectivity index (χ2n) is 4.97. The molecular formula is C11H23N3O2. The molecular weight excluding hydrogens is 206 g/mol. The van der Waals surface area contributed by atoms with Crippen LogP contribution in [0, 0.1) is 0 Å². The minimum absolute atomic E-state index is 0.536. The lowest BCUT2D eigenvalue weighted by Gasteiger charge is -2.32. The molecule has 1 heterocycles. The number of nitrogens with two attached hydrogens (primary N) is 1. The van der Waals surface area contributed by atoms with Crippen LogP contribution in [0.5, 0.6) is 0 Å². The van der Waals surface area contributed by atoms with Gasteiger partial charge in [-0.25, -0.2) is 0 Å².